The van der Waals surface area contributed by atoms with Gasteiger partial charge in [0, 0.05) is 39.8 Å². The molecule has 2 aromatic rings. The standard InChI is InChI=1S/C31H34N2O4S8/c1-31(2,19-3-7-21(8-4-19)32(11-23-15-42-27(38)34-23)12-24-16-43-28(39)35-24)20-5-9-22(10-6-20)33(13-25-17-44-29(40)36-25)14-26-18-45-30(41)37-26/h3-10,23-26H,11-18H2,1-2H3. The van der Waals surface area contributed by atoms with E-state index in [1.807, 2.05) is 0 Å². The second kappa shape index (κ2) is 15.0. The number of thiocarbonyl (C=S) groups is 4. The Kier molecular flexibility index (Phi) is 11.3. The molecule has 0 aliphatic carbocycles. The van der Waals surface area contributed by atoms with Crippen molar-refractivity contribution in [2.45, 2.75) is 43.7 Å². The van der Waals surface area contributed by atoms with E-state index in [2.05, 4.69) is 72.2 Å². The molecule has 4 aliphatic rings. The zero-order chi connectivity index (χ0) is 31.6. The summed E-state index contributed by atoms with van der Waals surface area (Å²) in [7, 11) is 0. The highest BCUT2D eigenvalue weighted by Crippen LogP contribution is 2.35. The van der Waals surface area contributed by atoms with E-state index >= 15 is 0 Å². The average Bonchev–Trinajstić information content (AvgIpc) is 3.83. The van der Waals surface area contributed by atoms with Crippen molar-refractivity contribution in [3.63, 3.8) is 0 Å². The van der Waals surface area contributed by atoms with Gasteiger partial charge in [0.25, 0.3) is 0 Å². The second-order valence-corrected chi connectivity index (χ2v) is 18.2. The van der Waals surface area contributed by atoms with Crippen LogP contribution < -0.4 is 9.80 Å². The molecule has 0 N–H and O–H groups in total. The Labute approximate surface area is 303 Å². The maximum absolute atomic E-state index is 5.89. The molecule has 45 heavy (non-hydrogen) atoms. The summed E-state index contributed by atoms with van der Waals surface area (Å²) >= 11 is 27.5. The van der Waals surface area contributed by atoms with Gasteiger partial charge in [-0.05, 0) is 84.3 Å². The van der Waals surface area contributed by atoms with Gasteiger partial charge in [-0.2, -0.15) is 0 Å². The van der Waals surface area contributed by atoms with Gasteiger partial charge >= 0.3 is 0 Å². The molecule has 4 heterocycles. The van der Waals surface area contributed by atoms with Crippen molar-refractivity contribution >= 4 is 125 Å². The predicted molar refractivity (Wildman–Crippen MR) is 209 cm³/mol. The first-order valence-electron chi connectivity index (χ1n) is 14.7. The van der Waals surface area contributed by atoms with Crippen LogP contribution in [-0.4, -0.2) is 91.1 Å². The molecule has 2 aromatic carbocycles. The van der Waals surface area contributed by atoms with Crippen molar-refractivity contribution in [2.24, 2.45) is 0 Å². The van der Waals surface area contributed by atoms with E-state index in [-0.39, 0.29) is 29.8 Å². The van der Waals surface area contributed by atoms with Crippen molar-refractivity contribution in [1.29, 1.82) is 0 Å². The lowest BCUT2D eigenvalue weighted by molar-refractivity contribution is 0.217. The zero-order valence-corrected chi connectivity index (χ0v) is 31.4. The molecular weight excluding hydrogens is 721 g/mol. The first kappa shape index (κ1) is 33.9. The molecule has 0 bridgehead atoms. The number of hydrogen-bond acceptors (Lipinski definition) is 14. The van der Waals surface area contributed by atoms with E-state index in [9.17, 15) is 0 Å². The van der Waals surface area contributed by atoms with Gasteiger partial charge in [0.2, 0.25) is 17.5 Å². The summed E-state index contributed by atoms with van der Waals surface area (Å²) < 4.78 is 26.1. The van der Waals surface area contributed by atoms with Crippen molar-refractivity contribution < 1.29 is 18.9 Å². The fourth-order valence-electron chi connectivity index (χ4n) is 5.72. The van der Waals surface area contributed by atoms with Crippen LogP contribution in [0.4, 0.5) is 11.4 Å². The third-order valence-corrected chi connectivity index (χ3v) is 13.5. The van der Waals surface area contributed by atoms with E-state index in [1.54, 1.807) is 47.0 Å². The summed E-state index contributed by atoms with van der Waals surface area (Å²) in [5, 5.41) is 0. The summed E-state index contributed by atoms with van der Waals surface area (Å²) in [4.78, 5) is 4.69. The van der Waals surface area contributed by atoms with Gasteiger partial charge in [-0.1, -0.05) is 85.2 Å². The van der Waals surface area contributed by atoms with Crippen LogP contribution in [0.3, 0.4) is 0 Å². The van der Waals surface area contributed by atoms with Crippen LogP contribution in [-0.2, 0) is 24.4 Å². The van der Waals surface area contributed by atoms with E-state index in [0.717, 1.165) is 60.6 Å². The minimum absolute atomic E-state index is 0.0591. The summed E-state index contributed by atoms with van der Waals surface area (Å²) in [6.45, 7) is 7.54. The average molecular weight is 755 g/mol. The highest BCUT2D eigenvalue weighted by molar-refractivity contribution is 8.24. The van der Waals surface area contributed by atoms with Gasteiger partial charge in [-0.25, -0.2) is 0 Å². The number of hydrogen-bond donors (Lipinski definition) is 0. The second-order valence-electron chi connectivity index (χ2n) is 11.7. The zero-order valence-electron chi connectivity index (χ0n) is 24.9. The van der Waals surface area contributed by atoms with E-state index in [1.165, 1.54) is 11.1 Å². The van der Waals surface area contributed by atoms with Gasteiger partial charge < -0.3 is 28.7 Å². The lowest BCUT2D eigenvalue weighted by Crippen LogP contribution is -2.39. The summed E-state index contributed by atoms with van der Waals surface area (Å²) in [5.41, 5.74) is 4.56. The lowest BCUT2D eigenvalue weighted by Gasteiger charge is -2.32. The maximum Gasteiger partial charge on any atom is 0.220 e. The fourth-order valence-corrected chi connectivity index (χ4v) is 9.88. The smallest absolute Gasteiger partial charge is 0.220 e. The molecule has 14 heteroatoms. The Morgan fingerprint density at radius 2 is 0.800 bits per heavy atom. The highest BCUT2D eigenvalue weighted by Gasteiger charge is 2.31. The molecule has 0 aromatic heterocycles. The van der Waals surface area contributed by atoms with Crippen LogP contribution in [0.15, 0.2) is 48.5 Å². The van der Waals surface area contributed by atoms with Crippen molar-refractivity contribution in [2.75, 3.05) is 59.0 Å². The van der Waals surface area contributed by atoms with Gasteiger partial charge in [0.1, 0.15) is 24.4 Å². The first-order chi connectivity index (χ1) is 21.6. The van der Waals surface area contributed by atoms with Gasteiger partial charge in [-0.15, -0.1) is 0 Å². The number of thioether (sulfide) groups is 4. The van der Waals surface area contributed by atoms with Crippen molar-refractivity contribution in [1.82, 2.24) is 0 Å². The molecule has 0 amide bonds. The summed E-state index contributed by atoms with van der Waals surface area (Å²) in [5.74, 6) is 3.47. The van der Waals surface area contributed by atoms with Crippen LogP contribution in [0.5, 0.6) is 0 Å². The molecule has 4 saturated heterocycles. The molecule has 0 spiro atoms. The van der Waals surface area contributed by atoms with E-state index in [4.69, 9.17) is 67.8 Å². The number of benzene rings is 2. The number of ether oxygens (including phenoxy) is 4. The molecule has 0 radical (unpaired) electrons. The number of anilines is 2. The molecule has 4 fully saturated rings. The van der Waals surface area contributed by atoms with Crippen molar-refractivity contribution in [3.8, 4) is 0 Å². The molecular formula is C31H34N2O4S8. The quantitative estimate of drug-likeness (QED) is 0.204. The normalized spacial score (nSPS) is 24.8. The minimum Gasteiger partial charge on any atom is -0.472 e. The fraction of sp³-hybridized carbons (Fsp3) is 0.484. The summed E-state index contributed by atoms with van der Waals surface area (Å²) in [6.07, 6.45) is 0.237. The molecule has 0 saturated carbocycles. The molecule has 240 valence electrons. The predicted octanol–water partition coefficient (Wildman–Crippen LogP) is 7.29. The summed E-state index contributed by atoms with van der Waals surface area (Å²) in [6, 6.07) is 17.8. The Balaban J connectivity index is 1.16. The van der Waals surface area contributed by atoms with Crippen molar-refractivity contribution in [3.05, 3.63) is 59.7 Å². The molecule has 4 unspecified atom stereocenters. The molecule has 6 nitrogen and oxygen atoms in total. The van der Waals surface area contributed by atoms with Crippen LogP contribution >= 0.6 is 95.9 Å². The van der Waals surface area contributed by atoms with Gasteiger partial charge in [-0.3, -0.25) is 0 Å². The Morgan fingerprint density at radius 3 is 1.02 bits per heavy atom. The Bertz CT molecular complexity index is 1260. The third-order valence-electron chi connectivity index (χ3n) is 8.20. The van der Waals surface area contributed by atoms with Gasteiger partial charge in [0.15, 0.2) is 0 Å². The van der Waals surface area contributed by atoms with Crippen LogP contribution in [0.1, 0.15) is 25.0 Å². The highest BCUT2D eigenvalue weighted by atomic mass is 32.2. The molecule has 4 atom stereocenters. The molecule has 6 rings (SSSR count). The van der Waals surface area contributed by atoms with Crippen LogP contribution in [0.2, 0.25) is 0 Å². The van der Waals surface area contributed by atoms with Gasteiger partial charge in [0.05, 0.1) is 26.2 Å². The molecule has 4 aliphatic heterocycles. The Hall–Kier alpha value is -1.00. The van der Waals surface area contributed by atoms with E-state index < -0.39 is 0 Å². The number of rotatable bonds is 12. The maximum atomic E-state index is 5.89. The number of nitrogens with zero attached hydrogens (tertiary/aromatic N) is 2. The Morgan fingerprint density at radius 1 is 0.533 bits per heavy atom. The lowest BCUT2D eigenvalue weighted by atomic mass is 9.78. The van der Waals surface area contributed by atoms with E-state index in [0.29, 0.717) is 17.5 Å². The third kappa shape index (κ3) is 8.73. The largest absolute Gasteiger partial charge is 0.472 e. The SMILES string of the molecule is CC(C)(c1ccc(N(CC2CSC(=S)O2)CC2CSC(=S)O2)cc1)c1ccc(N(CC2CSC(=S)O2)CC2CSC(=S)O2)cc1. The minimum atomic E-state index is -0.198. The first-order valence-corrected chi connectivity index (χ1v) is 20.2. The monoisotopic (exact) mass is 754 g/mol. The topological polar surface area (TPSA) is 43.4 Å². The van der Waals surface area contributed by atoms with Crippen LogP contribution in [0, 0.1) is 0 Å². The van der Waals surface area contributed by atoms with Crippen LogP contribution in [0.25, 0.3) is 0 Å².